The monoisotopic (exact) mass is 486 g/mol. The third-order valence-electron chi connectivity index (χ3n) is 7.40. The summed E-state index contributed by atoms with van der Waals surface area (Å²) in [6, 6.07) is 8.30. The Balaban J connectivity index is 0.000000176. The van der Waals surface area contributed by atoms with E-state index in [-0.39, 0.29) is 19.5 Å². The first-order valence-corrected chi connectivity index (χ1v) is 11.2. The summed E-state index contributed by atoms with van der Waals surface area (Å²) >= 11 is 0. The number of carboxylic acid groups (broad SMARTS) is 2. The van der Waals surface area contributed by atoms with Crippen molar-refractivity contribution in [3.63, 3.8) is 0 Å². The number of nitrogens with zero attached hydrogens (tertiary/aromatic N) is 2. The average Bonchev–Trinajstić information content (AvgIpc) is 2.75. The Bertz CT molecular complexity index is 837. The van der Waals surface area contributed by atoms with Crippen LogP contribution in [0.25, 0.3) is 0 Å². The summed E-state index contributed by atoms with van der Waals surface area (Å²) in [4.78, 5) is 30.9. The molecule has 2 heterocycles. The normalized spacial score (nSPS) is 29.4. The average molecular weight is 488 g/mol. The van der Waals surface area contributed by atoms with Crippen molar-refractivity contribution in [3.8, 4) is 0 Å². The number of aryl methyl sites for hydroxylation is 2. The van der Waals surface area contributed by atoms with Crippen molar-refractivity contribution >= 4 is 11.9 Å². The van der Waals surface area contributed by atoms with Crippen LogP contribution in [0.15, 0.2) is 49.1 Å². The molecule has 0 atom stereocenters. The third kappa shape index (κ3) is 5.25. The van der Waals surface area contributed by atoms with Crippen molar-refractivity contribution in [3.05, 3.63) is 60.2 Å². The number of pyridine rings is 2. The fraction of sp³-hybridized carbons (Fsp3) is 0.520. The van der Waals surface area contributed by atoms with E-state index in [4.69, 9.17) is 0 Å². The standard InChI is InChI=1S/C13H14N2.C12H16O4.Zn/c1(2-12-4-8-14-9-5-12)3-13-6-10-15-11-7-13;13-9(14)11-2-7-1-8(4-11)5-12(3-7,6-11)10(15)16;/h4-11H,1-3H2;7-8H,1-6H2,(H,13,14)(H,15,16);. The molecule has 2 N–H and O–H groups in total. The molecule has 0 amide bonds. The van der Waals surface area contributed by atoms with Crippen LogP contribution in [0.1, 0.15) is 56.1 Å². The maximum Gasteiger partial charge on any atom is 0.309 e. The SMILES string of the molecule is O=C(O)C12CC3CC(C1)CC(C(=O)O)(C3)C2.[Zn].c1cc(CCCc2ccncc2)ccn1. The van der Waals surface area contributed by atoms with Gasteiger partial charge in [-0.1, -0.05) is 0 Å². The van der Waals surface area contributed by atoms with Crippen LogP contribution >= 0.6 is 0 Å². The van der Waals surface area contributed by atoms with E-state index >= 15 is 0 Å². The van der Waals surface area contributed by atoms with Gasteiger partial charge in [0.05, 0.1) is 10.8 Å². The van der Waals surface area contributed by atoms with Gasteiger partial charge >= 0.3 is 11.9 Å². The Morgan fingerprint density at radius 1 is 0.781 bits per heavy atom. The van der Waals surface area contributed by atoms with Crippen molar-refractivity contribution in [1.82, 2.24) is 9.97 Å². The van der Waals surface area contributed by atoms with E-state index in [0.29, 0.717) is 43.9 Å². The molecule has 0 unspecified atom stereocenters. The maximum absolute atomic E-state index is 11.4. The van der Waals surface area contributed by atoms with Gasteiger partial charge in [0.25, 0.3) is 0 Å². The second-order valence-electron chi connectivity index (χ2n) is 9.70. The first kappa shape index (κ1) is 24.5. The Morgan fingerprint density at radius 3 is 1.50 bits per heavy atom. The molecule has 2 aromatic rings. The van der Waals surface area contributed by atoms with E-state index in [1.165, 1.54) is 17.5 Å². The molecule has 0 saturated heterocycles. The van der Waals surface area contributed by atoms with Gasteiger partial charge in [-0.2, -0.15) is 0 Å². The molecular formula is C25H30N2O4Zn. The number of hydrogen-bond donors (Lipinski definition) is 2. The van der Waals surface area contributed by atoms with Crippen LogP contribution in [0, 0.1) is 22.7 Å². The van der Waals surface area contributed by atoms with E-state index in [9.17, 15) is 19.8 Å². The van der Waals surface area contributed by atoms with Crippen LogP contribution in [0.3, 0.4) is 0 Å². The molecule has 2 aromatic heterocycles. The summed E-state index contributed by atoms with van der Waals surface area (Å²) in [6.07, 6.45) is 15.0. The Kier molecular flexibility index (Phi) is 7.81. The first-order valence-electron chi connectivity index (χ1n) is 11.2. The van der Waals surface area contributed by atoms with Crippen molar-refractivity contribution < 1.29 is 39.3 Å². The minimum atomic E-state index is -0.771. The fourth-order valence-corrected chi connectivity index (χ4v) is 6.36. The summed E-state index contributed by atoms with van der Waals surface area (Å²) in [5.74, 6) is -0.888. The Hall–Kier alpha value is -2.14. The van der Waals surface area contributed by atoms with E-state index < -0.39 is 22.8 Å². The van der Waals surface area contributed by atoms with Crippen LogP contribution in [-0.2, 0) is 41.9 Å². The first-order chi connectivity index (χ1) is 14.9. The molecule has 0 radical (unpaired) electrons. The van der Waals surface area contributed by atoms with Crippen molar-refractivity contribution in [2.45, 2.75) is 57.8 Å². The molecule has 4 fully saturated rings. The van der Waals surface area contributed by atoms with Gasteiger partial charge < -0.3 is 10.2 Å². The van der Waals surface area contributed by atoms with Gasteiger partial charge in [0.2, 0.25) is 0 Å². The Labute approximate surface area is 201 Å². The minimum Gasteiger partial charge on any atom is -0.481 e. The second kappa shape index (κ2) is 10.2. The van der Waals surface area contributed by atoms with Crippen molar-refractivity contribution in [2.24, 2.45) is 22.7 Å². The smallest absolute Gasteiger partial charge is 0.309 e. The number of rotatable bonds is 6. The molecule has 4 aliphatic rings. The Morgan fingerprint density at radius 2 is 1.16 bits per heavy atom. The molecular weight excluding hydrogens is 458 g/mol. The van der Waals surface area contributed by atoms with Crippen LogP contribution < -0.4 is 0 Å². The van der Waals surface area contributed by atoms with Gasteiger partial charge in [-0.15, -0.1) is 0 Å². The van der Waals surface area contributed by atoms with Gasteiger partial charge in [-0.05, 0) is 105 Å². The maximum atomic E-state index is 11.4. The summed E-state index contributed by atoms with van der Waals surface area (Å²) in [5.41, 5.74) is 1.28. The third-order valence-corrected chi connectivity index (χ3v) is 7.40. The topological polar surface area (TPSA) is 100 Å². The van der Waals surface area contributed by atoms with Crippen LogP contribution in [0.2, 0.25) is 0 Å². The zero-order chi connectivity index (χ0) is 21.9. The summed E-state index contributed by atoms with van der Waals surface area (Å²) in [5, 5.41) is 18.8. The zero-order valence-corrected chi connectivity index (χ0v) is 21.4. The van der Waals surface area contributed by atoms with Gasteiger partial charge in [0.1, 0.15) is 0 Å². The predicted octanol–water partition coefficient (Wildman–Crippen LogP) is 4.39. The largest absolute Gasteiger partial charge is 0.481 e. The molecule has 0 spiro atoms. The van der Waals surface area contributed by atoms with Crippen LogP contribution in [0.4, 0.5) is 0 Å². The summed E-state index contributed by atoms with van der Waals surface area (Å²) in [7, 11) is 0. The molecule has 166 valence electrons. The van der Waals surface area contributed by atoms with Crippen LogP contribution in [-0.4, -0.2) is 32.1 Å². The van der Waals surface area contributed by atoms with Gasteiger partial charge in [0, 0.05) is 44.3 Å². The number of carboxylic acids is 2. The molecule has 4 aliphatic carbocycles. The molecule has 6 rings (SSSR count). The zero-order valence-electron chi connectivity index (χ0n) is 18.4. The number of aromatic nitrogens is 2. The van der Waals surface area contributed by atoms with Gasteiger partial charge in [0.15, 0.2) is 0 Å². The van der Waals surface area contributed by atoms with Crippen LogP contribution in [0.5, 0.6) is 0 Å². The molecule has 4 bridgehead atoms. The molecule has 4 saturated carbocycles. The minimum absolute atomic E-state index is 0. The quantitative estimate of drug-likeness (QED) is 0.586. The number of aliphatic carboxylic acids is 2. The summed E-state index contributed by atoms with van der Waals surface area (Å²) in [6.45, 7) is 0. The molecule has 32 heavy (non-hydrogen) atoms. The molecule has 7 heteroatoms. The fourth-order valence-electron chi connectivity index (χ4n) is 6.36. The van der Waals surface area contributed by atoms with E-state index in [1.54, 1.807) is 0 Å². The second-order valence-corrected chi connectivity index (χ2v) is 9.70. The van der Waals surface area contributed by atoms with Gasteiger partial charge in [-0.3, -0.25) is 19.6 Å². The molecule has 0 aromatic carbocycles. The number of hydrogen-bond acceptors (Lipinski definition) is 4. The summed E-state index contributed by atoms with van der Waals surface area (Å²) < 4.78 is 0. The predicted molar refractivity (Wildman–Crippen MR) is 115 cm³/mol. The van der Waals surface area contributed by atoms with E-state index in [1.807, 2.05) is 24.8 Å². The molecule has 6 nitrogen and oxygen atoms in total. The van der Waals surface area contributed by atoms with E-state index in [2.05, 4.69) is 34.2 Å². The van der Waals surface area contributed by atoms with E-state index in [0.717, 1.165) is 19.3 Å². The van der Waals surface area contributed by atoms with Crippen molar-refractivity contribution in [2.75, 3.05) is 0 Å². The molecule has 0 aliphatic heterocycles. The van der Waals surface area contributed by atoms with Crippen molar-refractivity contribution in [1.29, 1.82) is 0 Å². The van der Waals surface area contributed by atoms with Gasteiger partial charge in [-0.25, -0.2) is 0 Å². The number of carbonyl (C=O) groups is 2.